The van der Waals surface area contributed by atoms with Crippen molar-refractivity contribution in [3.63, 3.8) is 0 Å². The number of aliphatic carboxylic acids is 2. The van der Waals surface area contributed by atoms with Gasteiger partial charge in [0.05, 0.1) is 13.0 Å². The molecular formula is C21H30N4O8S. The number of hydrogen-bond acceptors (Lipinski definition) is 8. The highest BCUT2D eigenvalue weighted by atomic mass is 32.2. The number of benzene rings is 1. The smallest absolute Gasteiger partial charge is 0.326 e. The summed E-state index contributed by atoms with van der Waals surface area (Å²) in [6, 6.07) is 3.32. The molecule has 0 saturated carbocycles. The quantitative estimate of drug-likeness (QED) is 0.146. The second kappa shape index (κ2) is 14.9. The van der Waals surface area contributed by atoms with E-state index < -0.39 is 66.9 Å². The zero-order chi connectivity index (χ0) is 25.7. The number of nitrogens with one attached hydrogen (secondary N) is 3. The molecule has 1 aromatic rings. The Morgan fingerprint density at radius 2 is 1.47 bits per heavy atom. The summed E-state index contributed by atoms with van der Waals surface area (Å²) >= 11 is 1.42. The topological polar surface area (TPSA) is 208 Å². The van der Waals surface area contributed by atoms with E-state index in [1.807, 2.05) is 0 Å². The summed E-state index contributed by atoms with van der Waals surface area (Å²) in [6.07, 6.45) is 1.14. The van der Waals surface area contributed by atoms with E-state index in [9.17, 15) is 29.1 Å². The van der Waals surface area contributed by atoms with Gasteiger partial charge in [0.2, 0.25) is 17.7 Å². The fraction of sp³-hybridized carbons (Fsp3) is 0.476. The molecule has 4 atom stereocenters. The molecule has 1 rings (SSSR count). The van der Waals surface area contributed by atoms with Gasteiger partial charge in [0.25, 0.3) is 0 Å². The monoisotopic (exact) mass is 498 g/mol. The van der Waals surface area contributed by atoms with Crippen molar-refractivity contribution in [2.24, 2.45) is 5.73 Å². The van der Waals surface area contributed by atoms with Crippen molar-refractivity contribution in [3.8, 4) is 0 Å². The van der Waals surface area contributed by atoms with Gasteiger partial charge in [-0.25, -0.2) is 4.79 Å². The summed E-state index contributed by atoms with van der Waals surface area (Å²) in [5.41, 5.74) is 6.15. The average molecular weight is 499 g/mol. The number of amides is 3. The summed E-state index contributed by atoms with van der Waals surface area (Å²) in [5, 5.41) is 34.3. The Labute approximate surface area is 200 Å². The minimum Gasteiger partial charge on any atom is -0.481 e. The second-order valence-electron chi connectivity index (χ2n) is 7.38. The predicted octanol–water partition coefficient (Wildman–Crippen LogP) is -1.68. The molecule has 0 aliphatic heterocycles. The first kappa shape index (κ1) is 28.9. The van der Waals surface area contributed by atoms with Gasteiger partial charge in [0, 0.05) is 6.42 Å². The molecule has 0 aliphatic carbocycles. The van der Waals surface area contributed by atoms with Gasteiger partial charge in [-0.1, -0.05) is 30.3 Å². The summed E-state index contributed by atoms with van der Waals surface area (Å²) in [5.74, 6) is -4.83. The molecular weight excluding hydrogens is 468 g/mol. The zero-order valence-electron chi connectivity index (χ0n) is 18.6. The lowest BCUT2D eigenvalue weighted by Gasteiger charge is -2.25. The van der Waals surface area contributed by atoms with Gasteiger partial charge < -0.3 is 37.0 Å². The van der Waals surface area contributed by atoms with Crippen LogP contribution in [0.4, 0.5) is 0 Å². The highest BCUT2D eigenvalue weighted by Crippen LogP contribution is 2.07. The number of carbonyl (C=O) groups is 5. The van der Waals surface area contributed by atoms with Crippen molar-refractivity contribution in [3.05, 3.63) is 35.9 Å². The molecule has 0 spiro atoms. The Morgan fingerprint density at radius 3 is 2.00 bits per heavy atom. The lowest BCUT2D eigenvalue weighted by atomic mass is 10.0. The van der Waals surface area contributed by atoms with Crippen molar-refractivity contribution in [1.29, 1.82) is 0 Å². The molecule has 0 bridgehead atoms. The van der Waals surface area contributed by atoms with Crippen LogP contribution in [0.15, 0.2) is 30.3 Å². The number of aliphatic hydroxyl groups excluding tert-OH is 1. The van der Waals surface area contributed by atoms with Gasteiger partial charge in [-0.05, 0) is 24.0 Å². The van der Waals surface area contributed by atoms with E-state index in [1.165, 1.54) is 11.8 Å². The number of carboxylic acids is 2. The van der Waals surface area contributed by atoms with Crippen LogP contribution in [0, 0.1) is 0 Å². The first-order chi connectivity index (χ1) is 16.1. The van der Waals surface area contributed by atoms with Crippen LogP contribution in [0.2, 0.25) is 0 Å². The molecule has 0 aromatic heterocycles. The van der Waals surface area contributed by atoms with E-state index in [0.29, 0.717) is 11.3 Å². The number of rotatable bonds is 15. The minimum absolute atomic E-state index is 0.0167. The maximum atomic E-state index is 13.0. The number of carboxylic acid groups (broad SMARTS) is 2. The van der Waals surface area contributed by atoms with E-state index in [0.717, 1.165) is 0 Å². The number of aliphatic hydroxyl groups is 1. The Balaban J connectivity index is 3.10. The maximum Gasteiger partial charge on any atom is 0.326 e. The number of carbonyl (C=O) groups excluding carboxylic acids is 3. The summed E-state index contributed by atoms with van der Waals surface area (Å²) in [4.78, 5) is 60.3. The van der Waals surface area contributed by atoms with E-state index in [4.69, 9.17) is 15.9 Å². The molecule has 0 fully saturated rings. The van der Waals surface area contributed by atoms with Crippen LogP contribution < -0.4 is 21.7 Å². The Kier molecular flexibility index (Phi) is 12.6. The molecule has 8 N–H and O–H groups in total. The highest BCUT2D eigenvalue weighted by Gasteiger charge is 2.31. The van der Waals surface area contributed by atoms with Crippen LogP contribution in [0.25, 0.3) is 0 Å². The average Bonchev–Trinajstić information content (AvgIpc) is 2.80. The van der Waals surface area contributed by atoms with Crippen LogP contribution in [0.1, 0.15) is 18.4 Å². The summed E-state index contributed by atoms with van der Waals surface area (Å²) < 4.78 is 0. The molecule has 1 aromatic carbocycles. The van der Waals surface area contributed by atoms with Crippen LogP contribution in [0.5, 0.6) is 0 Å². The van der Waals surface area contributed by atoms with Crippen molar-refractivity contribution < 1.29 is 39.3 Å². The van der Waals surface area contributed by atoms with Crippen molar-refractivity contribution in [2.45, 2.75) is 43.4 Å². The van der Waals surface area contributed by atoms with Crippen LogP contribution >= 0.6 is 11.8 Å². The Hall–Kier alpha value is -3.16. The van der Waals surface area contributed by atoms with Crippen molar-refractivity contribution in [1.82, 2.24) is 16.0 Å². The minimum atomic E-state index is -1.70. The Bertz CT molecular complexity index is 854. The molecule has 0 radical (unpaired) electrons. The Morgan fingerprint density at radius 1 is 0.912 bits per heavy atom. The van der Waals surface area contributed by atoms with Gasteiger partial charge in [-0.15, -0.1) is 0 Å². The van der Waals surface area contributed by atoms with E-state index in [1.54, 1.807) is 36.6 Å². The van der Waals surface area contributed by atoms with E-state index in [2.05, 4.69) is 16.0 Å². The number of nitrogens with two attached hydrogens (primary N) is 1. The third kappa shape index (κ3) is 10.2. The lowest BCUT2D eigenvalue weighted by molar-refractivity contribution is -0.147. The zero-order valence-corrected chi connectivity index (χ0v) is 19.4. The highest BCUT2D eigenvalue weighted by molar-refractivity contribution is 7.98. The van der Waals surface area contributed by atoms with Gasteiger partial charge in [-0.3, -0.25) is 19.2 Å². The largest absolute Gasteiger partial charge is 0.481 e. The van der Waals surface area contributed by atoms with Crippen molar-refractivity contribution in [2.75, 3.05) is 18.6 Å². The standard InChI is InChI=1S/C21H30N4O8S/c1-34-8-7-14(23-18(29)13(22)11-26)19(30)24-15(9-12-5-3-2-4-6-12)20(31)25-16(21(32)33)10-17(27)28/h2-6,13-16,26H,7-11,22H2,1H3,(H,23,29)(H,24,30)(H,25,31)(H,27,28)(H,32,33). The summed E-state index contributed by atoms with van der Waals surface area (Å²) in [7, 11) is 0. The fourth-order valence-corrected chi connectivity index (χ4v) is 3.32. The molecule has 3 amide bonds. The number of thioether (sulfide) groups is 1. The SMILES string of the molecule is CSCCC(NC(=O)C(N)CO)C(=O)NC(Cc1ccccc1)C(=O)NC(CC(=O)O)C(=O)O. The summed E-state index contributed by atoms with van der Waals surface area (Å²) in [6.45, 7) is -0.623. The third-order valence-corrected chi connectivity index (χ3v) is 5.33. The van der Waals surface area contributed by atoms with Crippen LogP contribution in [0.3, 0.4) is 0 Å². The maximum absolute atomic E-state index is 13.0. The van der Waals surface area contributed by atoms with Crippen molar-refractivity contribution >= 4 is 41.4 Å². The molecule has 0 heterocycles. The molecule has 12 nitrogen and oxygen atoms in total. The van der Waals surface area contributed by atoms with Gasteiger partial charge in [-0.2, -0.15) is 11.8 Å². The van der Waals surface area contributed by atoms with Crippen LogP contribution in [-0.4, -0.2) is 87.8 Å². The molecule has 188 valence electrons. The lowest BCUT2D eigenvalue weighted by Crippen LogP contribution is -2.58. The molecule has 4 unspecified atom stereocenters. The van der Waals surface area contributed by atoms with Gasteiger partial charge in [0.1, 0.15) is 24.2 Å². The molecule has 0 aliphatic rings. The predicted molar refractivity (Wildman–Crippen MR) is 124 cm³/mol. The third-order valence-electron chi connectivity index (χ3n) is 4.69. The second-order valence-corrected chi connectivity index (χ2v) is 8.37. The van der Waals surface area contributed by atoms with E-state index in [-0.39, 0.29) is 12.8 Å². The van der Waals surface area contributed by atoms with E-state index >= 15 is 0 Å². The normalized spacial score (nSPS) is 14.2. The van der Waals surface area contributed by atoms with Gasteiger partial charge in [0.15, 0.2) is 0 Å². The molecule has 13 heteroatoms. The number of hydrogen-bond donors (Lipinski definition) is 7. The molecule has 34 heavy (non-hydrogen) atoms. The first-order valence-electron chi connectivity index (χ1n) is 10.3. The van der Waals surface area contributed by atoms with Gasteiger partial charge >= 0.3 is 11.9 Å². The van der Waals surface area contributed by atoms with Crippen LogP contribution in [-0.2, 0) is 30.4 Å². The molecule has 0 saturated heterocycles. The fourth-order valence-electron chi connectivity index (χ4n) is 2.84. The first-order valence-corrected chi connectivity index (χ1v) is 11.7.